The number of likely N-dealkylation sites (tertiary alicyclic amines) is 1. The van der Waals surface area contributed by atoms with Crippen LogP contribution >= 0.6 is 0 Å². The molecule has 40 heavy (non-hydrogen) atoms. The molecule has 214 valence electrons. The number of fused-ring (bicyclic) bond motifs is 7. The van der Waals surface area contributed by atoms with E-state index in [-0.39, 0.29) is 30.1 Å². The van der Waals surface area contributed by atoms with E-state index in [1.807, 2.05) is 24.3 Å². The lowest BCUT2D eigenvalue weighted by atomic mass is 10.1. The highest BCUT2D eigenvalue weighted by Crippen LogP contribution is 2.28. The number of nitrogens with zero attached hydrogens (tertiary/aromatic N) is 3. The van der Waals surface area contributed by atoms with Crippen LogP contribution in [0, 0.1) is 0 Å². The molecule has 4 heterocycles. The van der Waals surface area contributed by atoms with Crippen LogP contribution in [0.4, 0.5) is 0 Å². The average Bonchev–Trinajstić information content (AvgIpc) is 3.23. The summed E-state index contributed by atoms with van der Waals surface area (Å²) < 4.78 is 17.4. The molecule has 2 aromatic carbocycles. The molecule has 6 rings (SSSR count). The van der Waals surface area contributed by atoms with Crippen molar-refractivity contribution in [2.45, 2.75) is 25.1 Å². The number of hydrogen-bond acceptors (Lipinski definition) is 8. The van der Waals surface area contributed by atoms with Gasteiger partial charge < -0.3 is 34.6 Å². The Labute approximate surface area is 234 Å². The van der Waals surface area contributed by atoms with E-state index in [1.165, 1.54) is 7.11 Å². The number of carbonyl (C=O) groups is 3. The highest BCUT2D eigenvalue weighted by molar-refractivity contribution is 5.95. The third kappa shape index (κ3) is 6.83. The Balaban J connectivity index is 1.36. The van der Waals surface area contributed by atoms with Crippen LogP contribution in [0.1, 0.15) is 22.3 Å². The molecule has 0 radical (unpaired) electrons. The van der Waals surface area contributed by atoms with Gasteiger partial charge >= 0.3 is 0 Å². The van der Waals surface area contributed by atoms with Crippen molar-refractivity contribution in [1.82, 2.24) is 25.3 Å². The fourth-order valence-corrected chi connectivity index (χ4v) is 5.22. The molecule has 2 aromatic rings. The molecule has 2 saturated heterocycles. The molecule has 0 spiro atoms. The molecule has 11 nitrogen and oxygen atoms in total. The van der Waals surface area contributed by atoms with Crippen molar-refractivity contribution in [1.29, 1.82) is 0 Å². The highest BCUT2D eigenvalue weighted by atomic mass is 16.5. The predicted molar refractivity (Wildman–Crippen MR) is 148 cm³/mol. The van der Waals surface area contributed by atoms with Gasteiger partial charge in [-0.2, -0.15) is 0 Å². The van der Waals surface area contributed by atoms with E-state index in [0.717, 1.165) is 38.2 Å². The van der Waals surface area contributed by atoms with Crippen LogP contribution in [0.15, 0.2) is 42.5 Å². The van der Waals surface area contributed by atoms with Gasteiger partial charge in [-0.25, -0.2) is 0 Å². The molecule has 11 heteroatoms. The van der Waals surface area contributed by atoms with Crippen LogP contribution in [0.3, 0.4) is 0 Å². The van der Waals surface area contributed by atoms with E-state index in [9.17, 15) is 14.4 Å². The highest BCUT2D eigenvalue weighted by Gasteiger charge is 2.38. The number of ether oxygens (including phenoxy) is 3. The van der Waals surface area contributed by atoms with Crippen molar-refractivity contribution < 1.29 is 28.6 Å². The number of methoxy groups -OCH3 is 1. The van der Waals surface area contributed by atoms with Gasteiger partial charge in [-0.15, -0.1) is 0 Å². The minimum atomic E-state index is -0.432. The second-order valence-corrected chi connectivity index (χ2v) is 10.5. The number of likely N-dealkylation sites (N-methyl/N-ethyl adjacent to an activating group) is 1. The summed E-state index contributed by atoms with van der Waals surface area (Å²) >= 11 is 0. The summed E-state index contributed by atoms with van der Waals surface area (Å²) in [4.78, 5) is 45.3. The van der Waals surface area contributed by atoms with Crippen molar-refractivity contribution in [3.63, 3.8) is 0 Å². The van der Waals surface area contributed by atoms with Crippen LogP contribution in [0.2, 0.25) is 0 Å². The van der Waals surface area contributed by atoms with Crippen LogP contribution < -0.4 is 24.8 Å². The molecule has 0 saturated carbocycles. The zero-order valence-electron chi connectivity index (χ0n) is 23.1. The molecular formula is C29H37N5O6. The summed E-state index contributed by atoms with van der Waals surface area (Å²) in [5.74, 6) is 0.730. The van der Waals surface area contributed by atoms with Gasteiger partial charge in [0.1, 0.15) is 11.9 Å². The van der Waals surface area contributed by atoms with Gasteiger partial charge in [0.2, 0.25) is 5.91 Å². The smallest absolute Gasteiger partial charge is 0.258 e. The minimum absolute atomic E-state index is 0.0308. The predicted octanol–water partition coefficient (Wildman–Crippen LogP) is 0.730. The summed E-state index contributed by atoms with van der Waals surface area (Å²) in [5, 5.41) is 5.90. The molecule has 4 aliphatic heterocycles. The van der Waals surface area contributed by atoms with Gasteiger partial charge in [0.05, 0.1) is 26.2 Å². The lowest BCUT2D eigenvalue weighted by Gasteiger charge is -2.23. The van der Waals surface area contributed by atoms with Crippen molar-refractivity contribution >= 4 is 17.7 Å². The van der Waals surface area contributed by atoms with Crippen LogP contribution in [-0.2, 0) is 16.1 Å². The Kier molecular flexibility index (Phi) is 8.71. The minimum Gasteiger partial charge on any atom is -0.493 e. The Morgan fingerprint density at radius 1 is 1.05 bits per heavy atom. The van der Waals surface area contributed by atoms with Crippen molar-refractivity contribution in [3.05, 3.63) is 53.6 Å². The summed E-state index contributed by atoms with van der Waals surface area (Å²) in [6.45, 7) is 4.88. The van der Waals surface area contributed by atoms with E-state index >= 15 is 0 Å². The van der Waals surface area contributed by atoms with Gasteiger partial charge in [-0.3, -0.25) is 19.3 Å². The number of amides is 3. The van der Waals surface area contributed by atoms with E-state index in [4.69, 9.17) is 14.2 Å². The Bertz CT molecular complexity index is 1220. The average molecular weight is 552 g/mol. The fraction of sp³-hybridized carbons (Fsp3) is 0.483. The lowest BCUT2D eigenvalue weighted by Crippen LogP contribution is -2.45. The molecule has 0 aromatic heterocycles. The number of hydrogen-bond donors (Lipinski definition) is 2. The standard InChI is InChI=1S/C29H37N5O6/c1-32-10-3-11-33(13-12-32)18-28(36)34-16-23-26(17-34)40-22-7-4-20(5-8-22)15-30-27(35)19-39-25-14-21(29(37)31-23)6-9-24(25)38-2/h4-9,14,23,26H,3,10-13,15-19H2,1-2H3,(H,30,35)(H,31,37)/t23-,26-/m0/s1. The molecule has 0 aliphatic carbocycles. The lowest BCUT2D eigenvalue weighted by molar-refractivity contribution is -0.131. The monoisotopic (exact) mass is 551 g/mol. The van der Waals surface area contributed by atoms with Gasteiger partial charge in [-0.1, -0.05) is 12.1 Å². The summed E-state index contributed by atoms with van der Waals surface area (Å²) in [7, 11) is 3.60. The molecule has 2 fully saturated rings. The number of carbonyl (C=O) groups excluding carboxylic acids is 3. The third-order valence-corrected chi connectivity index (χ3v) is 7.59. The van der Waals surface area contributed by atoms with Crippen LogP contribution in [0.5, 0.6) is 17.2 Å². The molecule has 0 unspecified atom stereocenters. The molecule has 3 amide bonds. The second-order valence-electron chi connectivity index (χ2n) is 10.5. The van der Waals surface area contributed by atoms with E-state index < -0.39 is 12.1 Å². The first kappa shape index (κ1) is 27.7. The molecule has 4 bridgehead atoms. The van der Waals surface area contributed by atoms with Gasteiger partial charge in [0, 0.05) is 31.7 Å². The van der Waals surface area contributed by atoms with Crippen molar-refractivity contribution in [3.8, 4) is 17.2 Å². The van der Waals surface area contributed by atoms with E-state index in [0.29, 0.717) is 43.2 Å². The maximum atomic E-state index is 13.4. The summed E-state index contributed by atoms with van der Waals surface area (Å²) in [6.07, 6.45) is 0.597. The molecule has 2 N–H and O–H groups in total. The van der Waals surface area contributed by atoms with Gasteiger partial charge in [0.15, 0.2) is 18.1 Å². The maximum absolute atomic E-state index is 13.4. The first-order chi connectivity index (χ1) is 19.4. The fourth-order valence-electron chi connectivity index (χ4n) is 5.22. The Morgan fingerprint density at radius 3 is 2.67 bits per heavy atom. The largest absolute Gasteiger partial charge is 0.493 e. The van der Waals surface area contributed by atoms with Crippen LogP contribution in [0.25, 0.3) is 0 Å². The van der Waals surface area contributed by atoms with Crippen LogP contribution in [-0.4, -0.2) is 111 Å². The third-order valence-electron chi connectivity index (χ3n) is 7.59. The SMILES string of the molecule is COc1ccc2cc1OCC(=O)NCc1ccc(cc1)O[C@H]1CN(C(=O)CN3CCCN(C)CC3)C[C@@H]1NC2=O. The zero-order valence-corrected chi connectivity index (χ0v) is 23.1. The molecule has 2 atom stereocenters. The summed E-state index contributed by atoms with van der Waals surface area (Å²) in [6, 6.07) is 11.8. The summed E-state index contributed by atoms with van der Waals surface area (Å²) in [5.41, 5.74) is 1.25. The topological polar surface area (TPSA) is 113 Å². The van der Waals surface area contributed by atoms with E-state index in [2.05, 4.69) is 27.5 Å². The number of rotatable bonds is 3. The van der Waals surface area contributed by atoms with Gasteiger partial charge in [-0.05, 0) is 62.5 Å². The maximum Gasteiger partial charge on any atom is 0.258 e. The molecular weight excluding hydrogens is 514 g/mol. The first-order valence-corrected chi connectivity index (χ1v) is 13.7. The van der Waals surface area contributed by atoms with Crippen molar-refractivity contribution in [2.75, 3.05) is 66.6 Å². The second kappa shape index (κ2) is 12.6. The quantitative estimate of drug-likeness (QED) is 0.574. The zero-order chi connectivity index (χ0) is 28.1. The normalized spacial score (nSPS) is 22.7. The van der Waals surface area contributed by atoms with Gasteiger partial charge in [0.25, 0.3) is 11.8 Å². The first-order valence-electron chi connectivity index (χ1n) is 13.7. The van der Waals surface area contributed by atoms with Crippen molar-refractivity contribution in [2.24, 2.45) is 0 Å². The number of benzene rings is 2. The van der Waals surface area contributed by atoms with E-state index in [1.54, 1.807) is 23.1 Å². The number of nitrogens with one attached hydrogen (secondary N) is 2. The Hall–Kier alpha value is -3.83. The Morgan fingerprint density at radius 2 is 1.88 bits per heavy atom. The molecule has 4 aliphatic rings.